The van der Waals surface area contributed by atoms with Crippen LogP contribution in [0.25, 0.3) is 16.9 Å². The highest BCUT2D eigenvalue weighted by Gasteiger charge is 2.36. The summed E-state index contributed by atoms with van der Waals surface area (Å²) in [6.45, 7) is 8.20. The second-order valence-electron chi connectivity index (χ2n) is 9.84. The number of nitrogens with zero attached hydrogens (tertiary/aromatic N) is 7. The van der Waals surface area contributed by atoms with Crippen LogP contribution in [0.4, 0.5) is 24.8 Å². The molecule has 1 amide bonds. The second-order valence-corrected chi connectivity index (χ2v) is 9.84. The number of hydrogen-bond acceptors (Lipinski definition) is 9. The van der Waals surface area contributed by atoms with Crippen LogP contribution >= 0.6 is 0 Å². The van der Waals surface area contributed by atoms with Gasteiger partial charge < -0.3 is 25.4 Å². The fourth-order valence-corrected chi connectivity index (χ4v) is 5.01. The van der Waals surface area contributed by atoms with Gasteiger partial charge in [-0.25, -0.2) is 14.5 Å². The summed E-state index contributed by atoms with van der Waals surface area (Å²) in [6.07, 6.45) is -4.63. The summed E-state index contributed by atoms with van der Waals surface area (Å²) >= 11 is 0. The zero-order chi connectivity index (χ0) is 27.9. The summed E-state index contributed by atoms with van der Waals surface area (Å²) < 4.78 is 48.9. The van der Waals surface area contributed by atoms with E-state index in [1.165, 1.54) is 6.92 Å². The van der Waals surface area contributed by atoms with Crippen molar-refractivity contribution in [3.8, 4) is 11.4 Å². The number of aromatic nitrogens is 4. The molecule has 2 aliphatic rings. The van der Waals surface area contributed by atoms with Crippen molar-refractivity contribution in [3.63, 3.8) is 0 Å². The predicted molar refractivity (Wildman–Crippen MR) is 137 cm³/mol. The van der Waals surface area contributed by atoms with Crippen LogP contribution in [0.3, 0.4) is 0 Å². The molecule has 2 fully saturated rings. The molecule has 2 saturated heterocycles. The fraction of sp³-hybridized carbons (Fsp3) is 0.520. The lowest BCUT2D eigenvalue weighted by Crippen LogP contribution is -2.50. The lowest BCUT2D eigenvalue weighted by molar-refractivity contribution is -0.141. The molecular weight excluding hydrogens is 517 g/mol. The maximum Gasteiger partial charge on any atom is 0.417 e. The van der Waals surface area contributed by atoms with Gasteiger partial charge in [0.2, 0.25) is 0 Å². The van der Waals surface area contributed by atoms with Crippen LogP contribution in [0.2, 0.25) is 0 Å². The average molecular weight is 549 g/mol. The number of nitrogen functional groups attached to an aromatic ring is 1. The Bertz CT molecular complexity index is 1360. The van der Waals surface area contributed by atoms with Crippen LogP contribution in [-0.2, 0) is 22.3 Å². The molecule has 39 heavy (non-hydrogen) atoms. The number of aliphatic hydroxyl groups excluding tert-OH is 1. The van der Waals surface area contributed by atoms with E-state index in [2.05, 4.69) is 20.0 Å². The van der Waals surface area contributed by atoms with E-state index in [0.717, 1.165) is 23.5 Å². The lowest BCUT2D eigenvalue weighted by atomic mass is 10.1. The van der Waals surface area contributed by atoms with Crippen LogP contribution in [0, 0.1) is 6.92 Å². The highest BCUT2D eigenvalue weighted by molar-refractivity contribution is 5.80. The molecule has 3 N–H and O–H groups in total. The molecule has 14 heteroatoms. The number of anilines is 2. The number of ether oxygens (including phenoxy) is 1. The predicted octanol–water partition coefficient (Wildman–Crippen LogP) is 1.56. The summed E-state index contributed by atoms with van der Waals surface area (Å²) in [5, 5.41) is 14.1. The minimum Gasteiger partial charge on any atom is -0.384 e. The van der Waals surface area contributed by atoms with Crippen LogP contribution < -0.4 is 10.6 Å². The van der Waals surface area contributed by atoms with E-state index in [0.29, 0.717) is 70.4 Å². The van der Waals surface area contributed by atoms with E-state index >= 15 is 0 Å². The summed E-state index contributed by atoms with van der Waals surface area (Å²) in [6, 6.07) is 2.77. The first-order valence-corrected chi connectivity index (χ1v) is 12.8. The maximum absolute atomic E-state index is 13.9. The van der Waals surface area contributed by atoms with E-state index < -0.39 is 17.8 Å². The molecule has 0 bridgehead atoms. The molecule has 0 spiro atoms. The Labute approximate surface area is 223 Å². The Morgan fingerprint density at radius 2 is 1.85 bits per heavy atom. The summed E-state index contributed by atoms with van der Waals surface area (Å²) in [4.78, 5) is 26.5. The van der Waals surface area contributed by atoms with Gasteiger partial charge in [0.15, 0.2) is 11.6 Å². The Balaban J connectivity index is 1.53. The lowest BCUT2D eigenvalue weighted by Gasteiger charge is -2.35. The zero-order valence-electron chi connectivity index (χ0n) is 21.8. The number of fused-ring (bicyclic) bond motifs is 1. The highest BCUT2D eigenvalue weighted by atomic mass is 19.4. The smallest absolute Gasteiger partial charge is 0.384 e. The molecule has 5 heterocycles. The molecule has 1 atom stereocenters. The van der Waals surface area contributed by atoms with Gasteiger partial charge in [-0.1, -0.05) is 0 Å². The van der Waals surface area contributed by atoms with Crippen LogP contribution in [-0.4, -0.2) is 99.0 Å². The first-order chi connectivity index (χ1) is 18.5. The van der Waals surface area contributed by atoms with Gasteiger partial charge in [-0.3, -0.25) is 9.69 Å². The largest absolute Gasteiger partial charge is 0.417 e. The van der Waals surface area contributed by atoms with Crippen molar-refractivity contribution in [1.82, 2.24) is 29.4 Å². The third-order valence-corrected chi connectivity index (χ3v) is 7.17. The normalized spacial score (nSPS) is 18.1. The summed E-state index contributed by atoms with van der Waals surface area (Å²) in [5.74, 6) is -0.0988. The molecule has 2 aliphatic heterocycles. The molecule has 0 aliphatic carbocycles. The van der Waals surface area contributed by atoms with E-state index in [4.69, 9.17) is 10.5 Å². The van der Waals surface area contributed by atoms with E-state index in [-0.39, 0.29) is 23.1 Å². The van der Waals surface area contributed by atoms with Crippen molar-refractivity contribution in [1.29, 1.82) is 0 Å². The molecule has 0 radical (unpaired) electrons. The molecule has 5 rings (SSSR count). The Morgan fingerprint density at radius 1 is 1.15 bits per heavy atom. The topological polar surface area (TPSA) is 125 Å². The zero-order valence-corrected chi connectivity index (χ0v) is 21.8. The molecule has 11 nitrogen and oxygen atoms in total. The number of amides is 1. The Hall–Kier alpha value is -3.49. The third-order valence-electron chi connectivity index (χ3n) is 7.17. The number of rotatable bonds is 5. The number of carbonyl (C=O) groups excluding carboxylic acids is 1. The van der Waals surface area contributed by atoms with Crippen molar-refractivity contribution >= 4 is 23.1 Å². The van der Waals surface area contributed by atoms with Crippen molar-refractivity contribution in [2.75, 3.05) is 63.1 Å². The molecule has 0 unspecified atom stereocenters. The van der Waals surface area contributed by atoms with Crippen molar-refractivity contribution in [2.24, 2.45) is 0 Å². The number of nitrogens with two attached hydrogens (primary N) is 1. The summed E-state index contributed by atoms with van der Waals surface area (Å²) in [7, 11) is 0. The quantitative estimate of drug-likeness (QED) is 0.489. The number of carbonyl (C=O) groups is 1. The van der Waals surface area contributed by atoms with Crippen molar-refractivity contribution < 1.29 is 27.8 Å². The van der Waals surface area contributed by atoms with Crippen LogP contribution in [0.5, 0.6) is 0 Å². The SMILES string of the molecule is Cc1c(CN2CCN(C(=O)[C@H](C)O)CC2)cc2c(N3CCOCC3)nc(-c3cnc(N)cc3C(F)(F)F)nn12. The first kappa shape index (κ1) is 27.1. The fourth-order valence-electron chi connectivity index (χ4n) is 5.01. The molecule has 0 aromatic carbocycles. The van der Waals surface area contributed by atoms with Gasteiger partial charge in [0.05, 0.1) is 24.3 Å². The maximum atomic E-state index is 13.9. The molecular formula is C25H31F3N8O3. The van der Waals surface area contributed by atoms with Crippen molar-refractivity contribution in [2.45, 2.75) is 32.7 Å². The van der Waals surface area contributed by atoms with Gasteiger partial charge in [-0.05, 0) is 31.5 Å². The van der Waals surface area contributed by atoms with E-state index in [9.17, 15) is 23.1 Å². The standard InChI is InChI=1S/C25H31F3N8O3/c1-15-17(14-33-3-5-35(6-4-33)24(38)16(2)37)11-20-23(34-7-9-39-10-8-34)31-22(32-36(15)20)18-13-30-21(29)12-19(18)25(26,27)28/h11-13,16,37H,3-10,14H2,1-2H3,(H2,29,30)/t16-/m0/s1. The van der Waals surface area contributed by atoms with E-state index in [1.54, 1.807) is 9.42 Å². The first-order valence-electron chi connectivity index (χ1n) is 12.8. The summed E-state index contributed by atoms with van der Waals surface area (Å²) in [5.41, 5.74) is 6.81. The van der Waals surface area contributed by atoms with Gasteiger partial charge in [-0.2, -0.15) is 13.2 Å². The third kappa shape index (κ3) is 5.49. The molecule has 210 valence electrons. The number of aryl methyl sites for hydroxylation is 1. The average Bonchev–Trinajstić information content (AvgIpc) is 3.23. The van der Waals surface area contributed by atoms with Crippen molar-refractivity contribution in [3.05, 3.63) is 35.2 Å². The van der Waals surface area contributed by atoms with Gasteiger partial charge in [0.25, 0.3) is 5.91 Å². The van der Waals surface area contributed by atoms with E-state index in [1.807, 2.05) is 17.9 Å². The van der Waals surface area contributed by atoms with Gasteiger partial charge in [-0.15, -0.1) is 5.10 Å². The minimum absolute atomic E-state index is 0.0979. The Morgan fingerprint density at radius 3 is 2.49 bits per heavy atom. The van der Waals surface area contributed by atoms with Gasteiger partial charge >= 0.3 is 6.18 Å². The number of aliphatic hydroxyl groups is 1. The van der Waals surface area contributed by atoms with Gasteiger partial charge in [0, 0.05) is 57.7 Å². The number of morpholine rings is 1. The van der Waals surface area contributed by atoms with Crippen LogP contribution in [0.15, 0.2) is 18.3 Å². The number of piperazine rings is 1. The molecule has 0 saturated carbocycles. The Kier molecular flexibility index (Phi) is 7.35. The number of pyridine rings is 1. The number of hydrogen-bond donors (Lipinski definition) is 2. The molecule has 3 aromatic heterocycles. The minimum atomic E-state index is -4.67. The van der Waals surface area contributed by atoms with Crippen LogP contribution in [0.1, 0.15) is 23.7 Å². The van der Waals surface area contributed by atoms with Gasteiger partial charge in [0.1, 0.15) is 17.4 Å². The molecule has 3 aromatic rings. The second kappa shape index (κ2) is 10.6. The number of halogens is 3. The highest BCUT2D eigenvalue weighted by Crippen LogP contribution is 2.37. The monoisotopic (exact) mass is 548 g/mol. The number of alkyl halides is 3.